The summed E-state index contributed by atoms with van der Waals surface area (Å²) >= 11 is 3.41. The standard InChI is InChI=1S/C14H21BrN2O2/c1-17(11-14-10-16-6-8-18-14)7-9-19-13-4-2-12(15)3-5-13/h2-5,14,16H,6-11H2,1H3. The van der Waals surface area contributed by atoms with E-state index in [9.17, 15) is 0 Å². The Morgan fingerprint density at radius 2 is 2.21 bits per heavy atom. The summed E-state index contributed by atoms with van der Waals surface area (Å²) in [5.41, 5.74) is 0. The molecule has 0 saturated carbocycles. The van der Waals surface area contributed by atoms with Gasteiger partial charge in [0, 0.05) is 30.7 Å². The van der Waals surface area contributed by atoms with E-state index in [1.54, 1.807) is 0 Å². The van der Waals surface area contributed by atoms with Crippen molar-refractivity contribution in [3.63, 3.8) is 0 Å². The molecule has 1 N–H and O–H groups in total. The van der Waals surface area contributed by atoms with Crippen molar-refractivity contribution < 1.29 is 9.47 Å². The molecule has 4 nitrogen and oxygen atoms in total. The molecule has 0 aliphatic carbocycles. The van der Waals surface area contributed by atoms with Crippen LogP contribution in [-0.2, 0) is 4.74 Å². The zero-order chi connectivity index (χ0) is 13.5. The van der Waals surface area contributed by atoms with Crippen molar-refractivity contribution in [3.8, 4) is 5.75 Å². The molecule has 0 aromatic heterocycles. The molecular formula is C14H21BrN2O2. The molecular weight excluding hydrogens is 308 g/mol. The summed E-state index contributed by atoms with van der Waals surface area (Å²) in [5, 5.41) is 3.34. The lowest BCUT2D eigenvalue weighted by Gasteiger charge is -2.27. The molecule has 1 aromatic rings. The lowest BCUT2D eigenvalue weighted by atomic mass is 10.3. The second-order valence-corrected chi connectivity index (χ2v) is 5.68. The summed E-state index contributed by atoms with van der Waals surface area (Å²) in [5.74, 6) is 0.909. The van der Waals surface area contributed by atoms with E-state index < -0.39 is 0 Å². The maximum atomic E-state index is 5.70. The van der Waals surface area contributed by atoms with Crippen LogP contribution in [0.1, 0.15) is 0 Å². The van der Waals surface area contributed by atoms with Gasteiger partial charge in [0.1, 0.15) is 12.4 Å². The monoisotopic (exact) mass is 328 g/mol. The number of hydrogen-bond acceptors (Lipinski definition) is 4. The van der Waals surface area contributed by atoms with Gasteiger partial charge in [-0.1, -0.05) is 15.9 Å². The number of likely N-dealkylation sites (N-methyl/N-ethyl adjacent to an activating group) is 1. The number of nitrogens with zero attached hydrogens (tertiary/aromatic N) is 1. The minimum Gasteiger partial charge on any atom is -0.492 e. The third-order valence-electron chi connectivity index (χ3n) is 3.08. The van der Waals surface area contributed by atoms with Crippen LogP contribution in [0.25, 0.3) is 0 Å². The van der Waals surface area contributed by atoms with Crippen LogP contribution in [0.2, 0.25) is 0 Å². The Balaban J connectivity index is 1.63. The van der Waals surface area contributed by atoms with Crippen molar-refractivity contribution in [2.75, 3.05) is 46.4 Å². The third-order valence-corrected chi connectivity index (χ3v) is 3.60. The molecule has 2 rings (SSSR count). The molecule has 1 heterocycles. The number of morpholine rings is 1. The van der Waals surface area contributed by atoms with Crippen LogP contribution < -0.4 is 10.1 Å². The molecule has 1 aliphatic rings. The lowest BCUT2D eigenvalue weighted by Crippen LogP contribution is -2.45. The Labute approximate surface area is 123 Å². The Morgan fingerprint density at radius 3 is 2.89 bits per heavy atom. The van der Waals surface area contributed by atoms with E-state index in [1.165, 1.54) is 0 Å². The van der Waals surface area contributed by atoms with E-state index >= 15 is 0 Å². The van der Waals surface area contributed by atoms with Gasteiger partial charge in [-0.25, -0.2) is 0 Å². The van der Waals surface area contributed by atoms with Crippen LogP contribution in [0.4, 0.5) is 0 Å². The van der Waals surface area contributed by atoms with E-state index in [1.807, 2.05) is 24.3 Å². The van der Waals surface area contributed by atoms with Gasteiger partial charge in [0.05, 0.1) is 12.7 Å². The number of hydrogen-bond donors (Lipinski definition) is 1. The fraction of sp³-hybridized carbons (Fsp3) is 0.571. The molecule has 1 unspecified atom stereocenters. The van der Waals surface area contributed by atoms with Gasteiger partial charge in [-0.2, -0.15) is 0 Å². The number of rotatable bonds is 6. The van der Waals surface area contributed by atoms with Crippen LogP contribution in [0.5, 0.6) is 5.75 Å². The number of benzene rings is 1. The highest BCUT2D eigenvalue weighted by atomic mass is 79.9. The van der Waals surface area contributed by atoms with Gasteiger partial charge in [0.25, 0.3) is 0 Å². The summed E-state index contributed by atoms with van der Waals surface area (Å²) < 4.78 is 12.4. The second-order valence-electron chi connectivity index (χ2n) is 4.76. The van der Waals surface area contributed by atoms with Gasteiger partial charge in [-0.15, -0.1) is 0 Å². The maximum Gasteiger partial charge on any atom is 0.119 e. The largest absolute Gasteiger partial charge is 0.492 e. The van der Waals surface area contributed by atoms with Crippen molar-refractivity contribution in [1.82, 2.24) is 10.2 Å². The molecule has 0 spiro atoms. The first-order valence-corrected chi connectivity index (χ1v) is 7.42. The Kier molecular flexibility index (Phi) is 6.10. The van der Waals surface area contributed by atoms with E-state index in [0.29, 0.717) is 12.7 Å². The van der Waals surface area contributed by atoms with Crippen LogP contribution in [0.15, 0.2) is 28.7 Å². The van der Waals surface area contributed by atoms with Crippen LogP contribution in [0, 0.1) is 0 Å². The van der Waals surface area contributed by atoms with Crippen molar-refractivity contribution in [1.29, 1.82) is 0 Å². The Bertz CT molecular complexity index is 366. The highest BCUT2D eigenvalue weighted by molar-refractivity contribution is 9.10. The molecule has 19 heavy (non-hydrogen) atoms. The molecule has 0 radical (unpaired) electrons. The second kappa shape index (κ2) is 7.85. The van der Waals surface area contributed by atoms with E-state index in [4.69, 9.17) is 9.47 Å². The molecule has 5 heteroatoms. The molecule has 1 saturated heterocycles. The van der Waals surface area contributed by atoms with E-state index in [2.05, 4.69) is 33.2 Å². The molecule has 1 fully saturated rings. The average molecular weight is 329 g/mol. The van der Waals surface area contributed by atoms with Crippen molar-refractivity contribution >= 4 is 15.9 Å². The maximum absolute atomic E-state index is 5.70. The predicted octanol–water partition coefficient (Wildman–Crippen LogP) is 1.75. The smallest absolute Gasteiger partial charge is 0.119 e. The van der Waals surface area contributed by atoms with Gasteiger partial charge in [0.2, 0.25) is 0 Å². The normalized spacial score (nSPS) is 19.6. The first-order chi connectivity index (χ1) is 9.24. The zero-order valence-corrected chi connectivity index (χ0v) is 12.9. The SMILES string of the molecule is CN(CCOc1ccc(Br)cc1)CC1CNCCO1. The summed E-state index contributed by atoms with van der Waals surface area (Å²) in [7, 11) is 2.10. The van der Waals surface area contributed by atoms with E-state index in [0.717, 1.165) is 43.0 Å². The highest BCUT2D eigenvalue weighted by Crippen LogP contribution is 2.15. The van der Waals surface area contributed by atoms with Gasteiger partial charge in [-0.05, 0) is 31.3 Å². The fourth-order valence-corrected chi connectivity index (χ4v) is 2.29. The summed E-state index contributed by atoms with van der Waals surface area (Å²) in [6, 6.07) is 7.91. The van der Waals surface area contributed by atoms with Gasteiger partial charge in [0.15, 0.2) is 0 Å². The minimum atomic E-state index is 0.298. The average Bonchev–Trinajstić information content (AvgIpc) is 2.42. The van der Waals surface area contributed by atoms with Crippen molar-refractivity contribution in [2.45, 2.75) is 6.10 Å². The first-order valence-electron chi connectivity index (χ1n) is 6.63. The Hall–Kier alpha value is -0.620. The summed E-state index contributed by atoms with van der Waals surface area (Å²) in [6.45, 7) is 5.25. The molecule has 0 amide bonds. The van der Waals surface area contributed by atoms with Crippen LogP contribution >= 0.6 is 15.9 Å². The number of ether oxygens (including phenoxy) is 2. The van der Waals surface area contributed by atoms with Gasteiger partial charge < -0.3 is 19.7 Å². The van der Waals surface area contributed by atoms with Gasteiger partial charge >= 0.3 is 0 Å². The number of nitrogens with one attached hydrogen (secondary N) is 1. The topological polar surface area (TPSA) is 33.7 Å². The molecule has 1 atom stereocenters. The summed E-state index contributed by atoms with van der Waals surface area (Å²) in [4.78, 5) is 2.25. The Morgan fingerprint density at radius 1 is 1.42 bits per heavy atom. The quantitative estimate of drug-likeness (QED) is 0.862. The predicted molar refractivity (Wildman–Crippen MR) is 79.7 cm³/mol. The molecule has 0 bridgehead atoms. The molecule has 1 aliphatic heterocycles. The van der Waals surface area contributed by atoms with Gasteiger partial charge in [-0.3, -0.25) is 0 Å². The van der Waals surface area contributed by atoms with E-state index in [-0.39, 0.29) is 0 Å². The zero-order valence-electron chi connectivity index (χ0n) is 11.3. The van der Waals surface area contributed by atoms with Crippen molar-refractivity contribution in [3.05, 3.63) is 28.7 Å². The van der Waals surface area contributed by atoms with Crippen LogP contribution in [0.3, 0.4) is 0 Å². The number of halogens is 1. The van der Waals surface area contributed by atoms with Crippen LogP contribution in [-0.4, -0.2) is 57.4 Å². The molecule has 106 valence electrons. The van der Waals surface area contributed by atoms with Crippen molar-refractivity contribution in [2.24, 2.45) is 0 Å². The third kappa shape index (κ3) is 5.48. The summed E-state index contributed by atoms with van der Waals surface area (Å²) in [6.07, 6.45) is 0.298. The minimum absolute atomic E-state index is 0.298. The molecule has 1 aromatic carbocycles. The first kappa shape index (κ1) is 14.8. The lowest BCUT2D eigenvalue weighted by molar-refractivity contribution is 0.00848. The fourth-order valence-electron chi connectivity index (χ4n) is 2.03. The highest BCUT2D eigenvalue weighted by Gasteiger charge is 2.15.